The number of fused-ring (bicyclic) bond motifs is 14. The Balaban J connectivity index is 0.000000130. The van der Waals surface area contributed by atoms with E-state index in [-0.39, 0.29) is 61.4 Å². The number of benzene rings is 4. The highest BCUT2D eigenvalue weighted by atomic mass is 16.7. The largest absolute Gasteiger partial charge is 0.454 e. The highest BCUT2D eigenvalue weighted by Crippen LogP contribution is 2.49. The zero-order valence-corrected chi connectivity index (χ0v) is 30.3. The molecule has 4 aromatic carbocycles. The number of nitrogens with zero attached hydrogens (tertiary/aromatic N) is 4. The molecule has 6 aliphatic heterocycles. The van der Waals surface area contributed by atoms with Crippen LogP contribution in [0.5, 0.6) is 23.0 Å². The van der Waals surface area contributed by atoms with E-state index < -0.39 is 0 Å². The number of aromatic amines is 2. The Morgan fingerprint density at radius 2 is 0.946 bits per heavy atom. The maximum atomic E-state index is 12.9. The van der Waals surface area contributed by atoms with Crippen LogP contribution in [0, 0.1) is 0 Å². The maximum Gasteiger partial charge on any atom is 0.327 e. The van der Waals surface area contributed by atoms with Crippen LogP contribution in [0.15, 0.2) is 84.9 Å². The number of nitrogens with one attached hydrogen (secondary N) is 2. The third-order valence-corrected chi connectivity index (χ3v) is 11.9. The summed E-state index contributed by atoms with van der Waals surface area (Å²) in [6, 6.07) is 26.2. The molecule has 2 saturated heterocycles. The van der Waals surface area contributed by atoms with Crippen LogP contribution in [0.2, 0.25) is 0 Å². The van der Waals surface area contributed by atoms with Crippen molar-refractivity contribution in [1.82, 2.24) is 29.6 Å². The second kappa shape index (κ2) is 11.8. The predicted octanol–water partition coefficient (Wildman–Crippen LogP) is 5.95. The number of urea groups is 2. The Bertz CT molecular complexity index is 2520. The van der Waals surface area contributed by atoms with Crippen LogP contribution >= 0.6 is 0 Å². The van der Waals surface area contributed by atoms with E-state index in [1.54, 1.807) is 23.9 Å². The summed E-state index contributed by atoms with van der Waals surface area (Å²) in [6.45, 7) is 1.14. The van der Waals surface area contributed by atoms with Crippen molar-refractivity contribution in [3.63, 3.8) is 0 Å². The van der Waals surface area contributed by atoms with Gasteiger partial charge in [-0.2, -0.15) is 0 Å². The minimum Gasteiger partial charge on any atom is -0.454 e. The topological polar surface area (TPSA) is 150 Å². The molecule has 6 amide bonds. The summed E-state index contributed by atoms with van der Waals surface area (Å²) in [5.41, 5.74) is 7.54. The number of hydrogen-bond acceptors (Lipinski definition) is 8. The molecule has 2 aromatic heterocycles. The maximum absolute atomic E-state index is 12.9. The van der Waals surface area contributed by atoms with Gasteiger partial charge >= 0.3 is 12.1 Å². The molecule has 12 rings (SSSR count). The van der Waals surface area contributed by atoms with Gasteiger partial charge in [0.1, 0.15) is 0 Å². The molecule has 2 fully saturated rings. The molecule has 4 bridgehead atoms. The van der Waals surface area contributed by atoms with Crippen LogP contribution in [-0.2, 0) is 9.59 Å². The Morgan fingerprint density at radius 3 is 1.39 bits per heavy atom. The molecule has 2 N–H and O–H groups in total. The second-order valence-electron chi connectivity index (χ2n) is 14.8. The summed E-state index contributed by atoms with van der Waals surface area (Å²) < 4.78 is 21.9. The van der Waals surface area contributed by atoms with E-state index in [0.717, 1.165) is 55.4 Å². The number of amides is 6. The van der Waals surface area contributed by atoms with Crippen LogP contribution in [0.3, 0.4) is 0 Å². The third kappa shape index (κ3) is 4.49. The molecule has 6 aromatic rings. The number of likely N-dealkylation sites (N-methyl/N-ethyl adjacent to an activating group) is 2. The average molecular weight is 751 g/mol. The monoisotopic (exact) mass is 750 g/mol. The lowest BCUT2D eigenvalue weighted by atomic mass is 9.83. The van der Waals surface area contributed by atoms with Gasteiger partial charge in [0.25, 0.3) is 0 Å². The first-order valence-electron chi connectivity index (χ1n) is 18.4. The number of aromatic nitrogens is 2. The van der Waals surface area contributed by atoms with Crippen LogP contribution < -0.4 is 18.9 Å². The number of carbonyl (C=O) groups excluding carboxylic acids is 4. The molecular formula is C42H34N6O8. The van der Waals surface area contributed by atoms with Gasteiger partial charge in [0.2, 0.25) is 25.4 Å². The van der Waals surface area contributed by atoms with Gasteiger partial charge in [0.05, 0.1) is 23.9 Å². The number of imide groups is 2. The van der Waals surface area contributed by atoms with Crippen LogP contribution in [0.25, 0.3) is 21.8 Å². The molecule has 0 radical (unpaired) electrons. The van der Waals surface area contributed by atoms with Crippen molar-refractivity contribution in [1.29, 1.82) is 0 Å². The van der Waals surface area contributed by atoms with Crippen molar-refractivity contribution >= 4 is 45.7 Å². The van der Waals surface area contributed by atoms with Crippen molar-refractivity contribution in [2.45, 2.75) is 23.9 Å². The summed E-state index contributed by atoms with van der Waals surface area (Å²) in [6.07, 6.45) is 0. The van der Waals surface area contributed by atoms with Gasteiger partial charge < -0.3 is 38.7 Å². The third-order valence-electron chi connectivity index (χ3n) is 11.9. The Hall–Kier alpha value is -6.96. The highest BCUT2D eigenvalue weighted by Gasteiger charge is 2.50. The summed E-state index contributed by atoms with van der Waals surface area (Å²) >= 11 is 0. The van der Waals surface area contributed by atoms with Gasteiger partial charge in [-0.1, -0.05) is 48.5 Å². The molecule has 0 unspecified atom stereocenters. The first kappa shape index (κ1) is 32.5. The Kier molecular flexibility index (Phi) is 6.82. The van der Waals surface area contributed by atoms with Gasteiger partial charge in [0.15, 0.2) is 23.0 Å². The molecule has 8 heterocycles. The fourth-order valence-corrected chi connectivity index (χ4v) is 9.33. The van der Waals surface area contributed by atoms with Crippen molar-refractivity contribution in [3.8, 4) is 23.0 Å². The molecule has 6 aliphatic rings. The quantitative estimate of drug-likeness (QED) is 0.221. The Morgan fingerprint density at radius 1 is 0.536 bits per heavy atom. The predicted molar refractivity (Wildman–Crippen MR) is 201 cm³/mol. The zero-order valence-electron chi connectivity index (χ0n) is 30.3. The van der Waals surface area contributed by atoms with Crippen molar-refractivity contribution in [2.24, 2.45) is 0 Å². The minimum absolute atomic E-state index is 0.156. The summed E-state index contributed by atoms with van der Waals surface area (Å²) in [5.74, 6) is 1.71. The van der Waals surface area contributed by atoms with E-state index in [4.69, 9.17) is 18.9 Å². The lowest BCUT2D eigenvalue weighted by molar-refractivity contribution is -0.133. The SMILES string of the molecule is CN1C(=O)[C@@H]2CN(C1=O)[C@@H](c1ccc3c(c1)OCO3)c1[nH]c3ccccc3c12.CN1C(=O)[C@H]2CN(C1=O)[C@H](c1ccc3c(c1)OCO3)c1[nH]c3ccccc3c12. The molecular weight excluding hydrogens is 716 g/mol. The number of carbonyl (C=O) groups is 4. The molecule has 14 heteroatoms. The van der Waals surface area contributed by atoms with Gasteiger partial charge in [-0.15, -0.1) is 0 Å². The Labute approximate surface area is 319 Å². The van der Waals surface area contributed by atoms with E-state index in [1.165, 1.54) is 9.80 Å². The molecule has 4 atom stereocenters. The molecule has 56 heavy (non-hydrogen) atoms. The normalized spacial score (nSPS) is 22.8. The van der Waals surface area contributed by atoms with Crippen LogP contribution in [0.1, 0.15) is 57.6 Å². The lowest BCUT2D eigenvalue weighted by Crippen LogP contribution is -2.57. The second-order valence-corrected chi connectivity index (χ2v) is 14.8. The average Bonchev–Trinajstić information content (AvgIpc) is 4.04. The summed E-state index contributed by atoms with van der Waals surface area (Å²) in [4.78, 5) is 64.6. The number of ether oxygens (including phenoxy) is 4. The number of para-hydroxylation sites is 2. The molecule has 280 valence electrons. The van der Waals surface area contributed by atoms with E-state index in [9.17, 15) is 19.2 Å². The van der Waals surface area contributed by atoms with Crippen molar-refractivity contribution in [3.05, 3.63) is 119 Å². The van der Waals surface area contributed by atoms with Gasteiger partial charge in [-0.05, 0) is 58.7 Å². The summed E-state index contributed by atoms with van der Waals surface area (Å²) in [7, 11) is 3.11. The van der Waals surface area contributed by atoms with E-state index in [0.29, 0.717) is 36.1 Å². The zero-order chi connectivity index (χ0) is 38.0. The van der Waals surface area contributed by atoms with Gasteiger partial charge in [-0.3, -0.25) is 19.4 Å². The first-order valence-corrected chi connectivity index (χ1v) is 18.4. The highest BCUT2D eigenvalue weighted by molar-refractivity contribution is 6.05. The lowest BCUT2D eigenvalue weighted by Gasteiger charge is -2.45. The fraction of sp³-hybridized carbons (Fsp3) is 0.238. The number of hydrogen-bond donors (Lipinski definition) is 2. The smallest absolute Gasteiger partial charge is 0.327 e. The fourth-order valence-electron chi connectivity index (χ4n) is 9.33. The van der Waals surface area contributed by atoms with Crippen molar-refractivity contribution in [2.75, 3.05) is 40.8 Å². The molecule has 0 spiro atoms. The standard InChI is InChI=1S/2C21H17N3O4/c2*1-23-20(25)13-9-24(21(23)26)19(11-6-7-15-16(8-11)28-10-27-15)18-17(13)12-4-2-3-5-14(12)22-18/h2*2-8,13,19,22H,9-10H2,1H3/t2*13-,19+/m10/s1. The molecule has 0 aliphatic carbocycles. The van der Waals surface area contributed by atoms with Crippen LogP contribution in [0.4, 0.5) is 9.59 Å². The summed E-state index contributed by atoms with van der Waals surface area (Å²) in [5, 5.41) is 2.06. The minimum atomic E-state index is -0.362. The number of H-pyrrole nitrogens is 2. The molecule has 14 nitrogen and oxygen atoms in total. The number of rotatable bonds is 2. The van der Waals surface area contributed by atoms with Crippen molar-refractivity contribution < 1.29 is 38.1 Å². The van der Waals surface area contributed by atoms with Gasteiger partial charge in [0, 0.05) is 60.4 Å². The van der Waals surface area contributed by atoms with Gasteiger partial charge in [-0.25, -0.2) is 9.59 Å². The van der Waals surface area contributed by atoms with E-state index in [1.807, 2.05) is 84.9 Å². The first-order chi connectivity index (χ1) is 27.3. The molecule has 0 saturated carbocycles. The van der Waals surface area contributed by atoms with E-state index in [2.05, 4.69) is 9.97 Å². The van der Waals surface area contributed by atoms with Crippen LogP contribution in [-0.4, -0.2) is 94.2 Å². The van der Waals surface area contributed by atoms with E-state index >= 15 is 0 Å².